The molecule has 16 heavy (non-hydrogen) atoms. The molecule has 0 aromatic carbocycles. The summed E-state index contributed by atoms with van der Waals surface area (Å²) in [5.41, 5.74) is 10.9. The summed E-state index contributed by atoms with van der Waals surface area (Å²) in [6.45, 7) is 5.01. The number of nitrogens with zero attached hydrogens (tertiary/aromatic N) is 1. The molecule has 0 aromatic rings. The lowest BCUT2D eigenvalue weighted by molar-refractivity contribution is -0.124. The molecule has 1 saturated heterocycles. The van der Waals surface area contributed by atoms with E-state index in [1.165, 1.54) is 0 Å². The van der Waals surface area contributed by atoms with Crippen molar-refractivity contribution in [2.45, 2.75) is 45.2 Å². The predicted molar refractivity (Wildman–Crippen MR) is 69.0 cm³/mol. The Labute approximate surface area is 102 Å². The molecular formula is C11H21N3OS. The molecule has 4 N–H and O–H groups in total. The number of likely N-dealkylation sites (tertiary alicyclic amines) is 1. The van der Waals surface area contributed by atoms with Gasteiger partial charge < -0.3 is 11.5 Å². The van der Waals surface area contributed by atoms with E-state index in [1.807, 2.05) is 0 Å². The van der Waals surface area contributed by atoms with E-state index in [4.69, 9.17) is 23.7 Å². The van der Waals surface area contributed by atoms with Crippen LogP contribution in [-0.2, 0) is 4.79 Å². The molecule has 0 saturated carbocycles. The number of primary amides is 1. The van der Waals surface area contributed by atoms with Crippen LogP contribution in [0.5, 0.6) is 0 Å². The quantitative estimate of drug-likeness (QED) is 0.711. The topological polar surface area (TPSA) is 72.4 Å². The molecule has 1 fully saturated rings. The Kier molecular flexibility index (Phi) is 4.68. The minimum absolute atomic E-state index is 0.0232. The van der Waals surface area contributed by atoms with Crippen molar-refractivity contribution in [3.05, 3.63) is 0 Å². The Morgan fingerprint density at radius 3 is 2.62 bits per heavy atom. The van der Waals surface area contributed by atoms with E-state index in [0.29, 0.717) is 17.5 Å². The van der Waals surface area contributed by atoms with Crippen LogP contribution in [0.4, 0.5) is 0 Å². The lowest BCUT2D eigenvalue weighted by Gasteiger charge is -2.40. The maximum Gasteiger partial charge on any atom is 0.221 e. The first-order chi connectivity index (χ1) is 7.41. The van der Waals surface area contributed by atoms with Crippen LogP contribution in [0.2, 0.25) is 0 Å². The van der Waals surface area contributed by atoms with E-state index in [0.717, 1.165) is 19.4 Å². The van der Waals surface area contributed by atoms with Gasteiger partial charge in [0.15, 0.2) is 0 Å². The van der Waals surface area contributed by atoms with Crippen molar-refractivity contribution in [1.82, 2.24) is 4.90 Å². The van der Waals surface area contributed by atoms with Crippen LogP contribution < -0.4 is 11.5 Å². The third-order valence-electron chi connectivity index (χ3n) is 3.40. The highest BCUT2D eigenvalue weighted by Gasteiger charge is 2.31. The van der Waals surface area contributed by atoms with Gasteiger partial charge in [0.2, 0.25) is 5.91 Å². The number of thiocarbonyl (C=S) groups is 1. The third kappa shape index (κ3) is 3.42. The van der Waals surface area contributed by atoms with Crippen molar-refractivity contribution >= 4 is 23.1 Å². The molecule has 3 unspecified atom stereocenters. The zero-order chi connectivity index (χ0) is 12.3. The molecule has 0 spiro atoms. The molecule has 1 heterocycles. The lowest BCUT2D eigenvalue weighted by atomic mass is 9.91. The van der Waals surface area contributed by atoms with Crippen molar-refractivity contribution in [3.63, 3.8) is 0 Å². The van der Waals surface area contributed by atoms with E-state index in [9.17, 15) is 4.79 Å². The van der Waals surface area contributed by atoms with Crippen LogP contribution in [0.15, 0.2) is 0 Å². The van der Waals surface area contributed by atoms with Crippen molar-refractivity contribution in [3.8, 4) is 0 Å². The van der Waals surface area contributed by atoms with E-state index in [-0.39, 0.29) is 17.9 Å². The molecule has 92 valence electrons. The molecule has 1 aliphatic rings. The van der Waals surface area contributed by atoms with Gasteiger partial charge in [0, 0.05) is 25.0 Å². The van der Waals surface area contributed by atoms with Gasteiger partial charge in [0.25, 0.3) is 0 Å². The van der Waals surface area contributed by atoms with Crippen LogP contribution in [0.1, 0.15) is 33.1 Å². The molecule has 3 atom stereocenters. The van der Waals surface area contributed by atoms with Crippen molar-refractivity contribution < 1.29 is 4.79 Å². The Morgan fingerprint density at radius 2 is 2.12 bits per heavy atom. The number of carbonyl (C=O) groups is 1. The highest BCUT2D eigenvalue weighted by molar-refractivity contribution is 7.80. The van der Waals surface area contributed by atoms with Gasteiger partial charge in [-0.05, 0) is 26.7 Å². The number of hydrogen-bond donors (Lipinski definition) is 2. The summed E-state index contributed by atoms with van der Waals surface area (Å²) in [6, 6.07) is 0.759. The molecule has 1 rings (SSSR count). The number of hydrogen-bond acceptors (Lipinski definition) is 3. The Balaban J connectivity index is 2.61. The summed E-state index contributed by atoms with van der Waals surface area (Å²) in [5, 5.41) is 0. The van der Waals surface area contributed by atoms with Gasteiger partial charge in [0.1, 0.15) is 0 Å². The second-order valence-corrected chi connectivity index (χ2v) is 5.27. The smallest absolute Gasteiger partial charge is 0.221 e. The minimum Gasteiger partial charge on any atom is -0.393 e. The number of carbonyl (C=O) groups excluding carboxylic acids is 1. The number of nitrogens with two attached hydrogens (primary N) is 2. The average molecular weight is 243 g/mol. The summed E-state index contributed by atoms with van der Waals surface area (Å²) < 4.78 is 0. The van der Waals surface area contributed by atoms with Gasteiger partial charge in [-0.25, -0.2) is 0 Å². The summed E-state index contributed by atoms with van der Waals surface area (Å²) >= 11 is 4.92. The Bertz CT molecular complexity index is 282. The average Bonchev–Trinajstić information content (AvgIpc) is 2.16. The normalized spacial score (nSPS) is 28.6. The summed E-state index contributed by atoms with van der Waals surface area (Å²) in [6.07, 6.45) is 2.60. The van der Waals surface area contributed by atoms with Gasteiger partial charge in [-0.2, -0.15) is 0 Å². The number of rotatable bonds is 4. The first-order valence-corrected chi connectivity index (χ1v) is 6.16. The molecule has 0 aliphatic carbocycles. The van der Waals surface area contributed by atoms with Crippen LogP contribution in [0, 0.1) is 5.92 Å². The van der Waals surface area contributed by atoms with Crippen molar-refractivity contribution in [2.24, 2.45) is 17.4 Å². The molecule has 5 heteroatoms. The van der Waals surface area contributed by atoms with Crippen LogP contribution in [0.25, 0.3) is 0 Å². The number of piperidine rings is 1. The molecule has 4 nitrogen and oxygen atoms in total. The van der Waals surface area contributed by atoms with Gasteiger partial charge in [-0.3, -0.25) is 9.69 Å². The van der Waals surface area contributed by atoms with E-state index in [2.05, 4.69) is 18.7 Å². The lowest BCUT2D eigenvalue weighted by Crippen LogP contribution is -2.50. The molecule has 1 amide bonds. The molecular weight excluding hydrogens is 222 g/mol. The fourth-order valence-electron chi connectivity index (χ4n) is 2.39. The van der Waals surface area contributed by atoms with Crippen LogP contribution in [0.3, 0.4) is 0 Å². The van der Waals surface area contributed by atoms with Gasteiger partial charge in [-0.15, -0.1) is 0 Å². The van der Waals surface area contributed by atoms with Crippen LogP contribution >= 0.6 is 12.2 Å². The molecule has 0 bridgehead atoms. The third-order valence-corrected chi connectivity index (χ3v) is 3.56. The van der Waals surface area contributed by atoms with Crippen molar-refractivity contribution in [2.75, 3.05) is 6.54 Å². The SMILES string of the molecule is CC1CCC(C(N)=O)CN1C(C)CC(N)=S. The largest absolute Gasteiger partial charge is 0.393 e. The monoisotopic (exact) mass is 243 g/mol. The highest BCUT2D eigenvalue weighted by atomic mass is 32.1. The fraction of sp³-hybridized carbons (Fsp3) is 0.818. The van der Waals surface area contributed by atoms with Gasteiger partial charge in [-0.1, -0.05) is 12.2 Å². The minimum atomic E-state index is -0.195. The summed E-state index contributed by atoms with van der Waals surface area (Å²) in [5.74, 6) is -0.218. The molecule has 0 aromatic heterocycles. The van der Waals surface area contributed by atoms with Crippen LogP contribution in [-0.4, -0.2) is 34.4 Å². The Hall–Kier alpha value is -0.680. The second-order valence-electron chi connectivity index (χ2n) is 4.74. The number of amides is 1. The van der Waals surface area contributed by atoms with E-state index in [1.54, 1.807) is 0 Å². The van der Waals surface area contributed by atoms with Crippen molar-refractivity contribution in [1.29, 1.82) is 0 Å². The maximum atomic E-state index is 11.2. The standard InChI is InChI=1S/C11H21N3OS/c1-7-3-4-9(11(13)15)6-14(7)8(2)5-10(12)16/h7-9H,3-6H2,1-2H3,(H2,12,16)(H2,13,15). The van der Waals surface area contributed by atoms with E-state index >= 15 is 0 Å². The molecule has 1 aliphatic heterocycles. The van der Waals surface area contributed by atoms with E-state index < -0.39 is 0 Å². The molecule has 0 radical (unpaired) electrons. The zero-order valence-corrected chi connectivity index (χ0v) is 10.8. The predicted octanol–water partition coefficient (Wildman–Crippen LogP) is 0.637. The zero-order valence-electron chi connectivity index (χ0n) is 9.98. The van der Waals surface area contributed by atoms with Gasteiger partial charge in [0.05, 0.1) is 10.9 Å². The fourth-order valence-corrected chi connectivity index (χ4v) is 2.63. The van der Waals surface area contributed by atoms with Gasteiger partial charge >= 0.3 is 0 Å². The Morgan fingerprint density at radius 1 is 1.50 bits per heavy atom. The second kappa shape index (κ2) is 5.59. The summed E-state index contributed by atoms with van der Waals surface area (Å²) in [7, 11) is 0. The maximum absolute atomic E-state index is 11.2. The summed E-state index contributed by atoms with van der Waals surface area (Å²) in [4.78, 5) is 14.0. The first-order valence-electron chi connectivity index (χ1n) is 5.75. The first kappa shape index (κ1) is 13.4. The highest BCUT2D eigenvalue weighted by Crippen LogP contribution is 2.24.